The number of amides is 2. The Hall–Kier alpha value is -2.33. The third-order valence-corrected chi connectivity index (χ3v) is 4.32. The van der Waals surface area contributed by atoms with E-state index in [1.165, 1.54) is 12.1 Å². The average molecular weight is 349 g/mol. The molecule has 0 unspecified atom stereocenters. The number of hydrogen-bond acceptors (Lipinski definition) is 4. The summed E-state index contributed by atoms with van der Waals surface area (Å²) in [6, 6.07) is 6.21. The summed E-state index contributed by atoms with van der Waals surface area (Å²) in [5.41, 5.74) is 0.363. The maximum atomic E-state index is 13.9. The second kappa shape index (κ2) is 9.84. The van der Waals surface area contributed by atoms with Gasteiger partial charge in [-0.15, -0.1) is 0 Å². The van der Waals surface area contributed by atoms with Gasteiger partial charge in [0, 0.05) is 31.3 Å². The molecule has 25 heavy (non-hydrogen) atoms. The summed E-state index contributed by atoms with van der Waals surface area (Å²) < 4.78 is 24.0. The number of halogens is 1. The van der Waals surface area contributed by atoms with Gasteiger partial charge in [-0.3, -0.25) is 0 Å². The van der Waals surface area contributed by atoms with Crippen molar-refractivity contribution < 1.29 is 18.7 Å². The van der Waals surface area contributed by atoms with Gasteiger partial charge in [0.2, 0.25) is 0 Å². The van der Waals surface area contributed by atoms with E-state index in [0.717, 1.165) is 25.7 Å². The number of methoxy groups -OCH3 is 1. The SMILES string of the molecule is COCCOc1ccc(NC(=O)NCC2CCC(C#N)CC2)cc1F. The van der Waals surface area contributed by atoms with E-state index in [4.69, 9.17) is 14.7 Å². The zero-order valence-corrected chi connectivity index (χ0v) is 14.4. The van der Waals surface area contributed by atoms with Gasteiger partial charge in [0.05, 0.1) is 12.7 Å². The quantitative estimate of drug-likeness (QED) is 0.740. The molecule has 2 rings (SSSR count). The van der Waals surface area contributed by atoms with E-state index in [2.05, 4.69) is 16.7 Å². The average Bonchev–Trinajstić information content (AvgIpc) is 2.62. The van der Waals surface area contributed by atoms with Crippen molar-refractivity contribution in [2.75, 3.05) is 32.2 Å². The summed E-state index contributed by atoms with van der Waals surface area (Å²) in [6.45, 7) is 1.19. The molecule has 0 bridgehead atoms. The molecule has 6 nitrogen and oxygen atoms in total. The van der Waals surface area contributed by atoms with Crippen LogP contribution in [0.1, 0.15) is 25.7 Å². The fourth-order valence-corrected chi connectivity index (χ4v) is 2.84. The van der Waals surface area contributed by atoms with E-state index < -0.39 is 5.82 Å². The maximum Gasteiger partial charge on any atom is 0.319 e. The van der Waals surface area contributed by atoms with E-state index in [1.807, 2.05) is 0 Å². The zero-order valence-electron chi connectivity index (χ0n) is 14.4. The molecule has 0 aromatic heterocycles. The molecular formula is C18H24FN3O3. The van der Waals surface area contributed by atoms with Crippen LogP contribution in [0.5, 0.6) is 5.75 Å². The minimum atomic E-state index is -0.538. The Morgan fingerprint density at radius 2 is 2.08 bits per heavy atom. The Bertz CT molecular complexity index is 610. The Balaban J connectivity index is 1.75. The molecule has 2 amide bonds. The molecule has 0 heterocycles. The fraction of sp³-hybridized carbons (Fsp3) is 0.556. The highest BCUT2D eigenvalue weighted by molar-refractivity contribution is 5.89. The summed E-state index contributed by atoms with van der Waals surface area (Å²) >= 11 is 0. The third kappa shape index (κ3) is 6.24. The molecule has 1 aliphatic carbocycles. The lowest BCUT2D eigenvalue weighted by Gasteiger charge is -2.24. The second-order valence-electron chi connectivity index (χ2n) is 6.17. The van der Waals surface area contributed by atoms with Gasteiger partial charge in [-0.05, 0) is 43.7 Å². The number of carbonyl (C=O) groups is 1. The van der Waals surface area contributed by atoms with Crippen LogP contribution < -0.4 is 15.4 Å². The fourth-order valence-electron chi connectivity index (χ4n) is 2.84. The number of nitrogens with one attached hydrogen (secondary N) is 2. The molecule has 1 aliphatic rings. The molecule has 1 saturated carbocycles. The Morgan fingerprint density at radius 3 is 2.72 bits per heavy atom. The number of ether oxygens (including phenoxy) is 2. The van der Waals surface area contributed by atoms with E-state index in [0.29, 0.717) is 24.8 Å². The maximum absolute atomic E-state index is 13.9. The summed E-state index contributed by atoms with van der Waals surface area (Å²) in [6.07, 6.45) is 3.67. The predicted octanol–water partition coefficient (Wildman–Crippen LogP) is 3.30. The summed E-state index contributed by atoms with van der Waals surface area (Å²) in [5.74, 6) is 0.127. The first kappa shape index (κ1) is 19.0. The van der Waals surface area contributed by atoms with Crippen LogP contribution in [0.3, 0.4) is 0 Å². The first-order valence-electron chi connectivity index (χ1n) is 8.48. The minimum absolute atomic E-state index is 0.122. The van der Waals surface area contributed by atoms with Crippen molar-refractivity contribution >= 4 is 11.7 Å². The molecule has 0 saturated heterocycles. The van der Waals surface area contributed by atoms with Gasteiger partial charge in [-0.2, -0.15) is 5.26 Å². The van der Waals surface area contributed by atoms with E-state index in [1.54, 1.807) is 13.2 Å². The number of carbonyl (C=O) groups excluding carboxylic acids is 1. The number of nitriles is 1. The monoisotopic (exact) mass is 349 g/mol. The highest BCUT2D eigenvalue weighted by Crippen LogP contribution is 2.27. The van der Waals surface area contributed by atoms with E-state index in [-0.39, 0.29) is 24.3 Å². The molecule has 0 radical (unpaired) electrons. The van der Waals surface area contributed by atoms with Crippen LogP contribution in [-0.4, -0.2) is 32.9 Å². The number of rotatable bonds is 7. The zero-order chi connectivity index (χ0) is 18.1. The van der Waals surface area contributed by atoms with Crippen LogP contribution in [0, 0.1) is 29.0 Å². The lowest BCUT2D eigenvalue weighted by molar-refractivity contribution is 0.144. The van der Waals surface area contributed by atoms with Gasteiger partial charge < -0.3 is 20.1 Å². The molecule has 0 atom stereocenters. The largest absolute Gasteiger partial charge is 0.488 e. The van der Waals surface area contributed by atoms with Gasteiger partial charge in [-0.1, -0.05) is 0 Å². The predicted molar refractivity (Wildman–Crippen MR) is 91.9 cm³/mol. The molecule has 1 aromatic carbocycles. The van der Waals surface area contributed by atoms with Crippen LogP contribution in [0.15, 0.2) is 18.2 Å². The van der Waals surface area contributed by atoms with Gasteiger partial charge >= 0.3 is 6.03 Å². The highest BCUT2D eigenvalue weighted by Gasteiger charge is 2.21. The van der Waals surface area contributed by atoms with Crippen LogP contribution in [0.4, 0.5) is 14.9 Å². The van der Waals surface area contributed by atoms with Crippen molar-refractivity contribution in [2.24, 2.45) is 11.8 Å². The highest BCUT2D eigenvalue weighted by atomic mass is 19.1. The van der Waals surface area contributed by atoms with Gasteiger partial charge in [0.25, 0.3) is 0 Å². The molecule has 0 aliphatic heterocycles. The van der Waals surface area contributed by atoms with Crippen LogP contribution in [-0.2, 0) is 4.74 Å². The molecule has 136 valence electrons. The van der Waals surface area contributed by atoms with E-state index >= 15 is 0 Å². The van der Waals surface area contributed by atoms with Crippen LogP contribution in [0.2, 0.25) is 0 Å². The van der Waals surface area contributed by atoms with Crippen molar-refractivity contribution in [3.05, 3.63) is 24.0 Å². The lowest BCUT2D eigenvalue weighted by atomic mass is 9.83. The second-order valence-corrected chi connectivity index (χ2v) is 6.17. The van der Waals surface area contributed by atoms with Gasteiger partial charge in [0.15, 0.2) is 11.6 Å². The van der Waals surface area contributed by atoms with Crippen molar-refractivity contribution in [3.63, 3.8) is 0 Å². The number of anilines is 1. The normalized spacial score (nSPS) is 19.7. The Morgan fingerprint density at radius 1 is 1.32 bits per heavy atom. The first-order valence-corrected chi connectivity index (χ1v) is 8.48. The Kier molecular flexibility index (Phi) is 7.48. The molecule has 7 heteroatoms. The van der Waals surface area contributed by atoms with Gasteiger partial charge in [-0.25, -0.2) is 9.18 Å². The Labute approximate surface area is 147 Å². The molecule has 1 fully saturated rings. The summed E-state index contributed by atoms with van der Waals surface area (Å²) in [7, 11) is 1.54. The number of hydrogen-bond donors (Lipinski definition) is 2. The standard InChI is InChI=1S/C18H24FN3O3/c1-24-8-9-25-17-7-6-15(10-16(17)19)22-18(23)21-12-14-4-2-13(11-20)3-5-14/h6-7,10,13-14H,2-5,8-9,12H2,1H3,(H2,21,22,23). The molecule has 0 spiro atoms. The first-order chi connectivity index (χ1) is 12.1. The lowest BCUT2D eigenvalue weighted by Crippen LogP contribution is -2.34. The van der Waals surface area contributed by atoms with E-state index in [9.17, 15) is 9.18 Å². The summed E-state index contributed by atoms with van der Waals surface area (Å²) in [4.78, 5) is 11.9. The van der Waals surface area contributed by atoms with Crippen LogP contribution in [0.25, 0.3) is 0 Å². The third-order valence-electron chi connectivity index (χ3n) is 4.32. The van der Waals surface area contributed by atoms with Crippen molar-refractivity contribution in [1.29, 1.82) is 5.26 Å². The molecular weight excluding hydrogens is 325 g/mol. The minimum Gasteiger partial charge on any atom is -0.488 e. The molecule has 2 N–H and O–H groups in total. The van der Waals surface area contributed by atoms with Crippen molar-refractivity contribution in [3.8, 4) is 11.8 Å². The molecule has 1 aromatic rings. The number of nitrogens with zero attached hydrogens (tertiary/aromatic N) is 1. The number of urea groups is 1. The van der Waals surface area contributed by atoms with Crippen molar-refractivity contribution in [1.82, 2.24) is 5.32 Å². The van der Waals surface area contributed by atoms with Crippen LogP contribution >= 0.6 is 0 Å². The number of benzene rings is 1. The van der Waals surface area contributed by atoms with Crippen molar-refractivity contribution in [2.45, 2.75) is 25.7 Å². The smallest absolute Gasteiger partial charge is 0.319 e. The summed E-state index contributed by atoms with van der Waals surface area (Å²) in [5, 5.41) is 14.3. The topological polar surface area (TPSA) is 83.4 Å². The van der Waals surface area contributed by atoms with Gasteiger partial charge in [0.1, 0.15) is 6.61 Å².